The fourth-order valence-electron chi connectivity index (χ4n) is 9.19. The molecule has 1 saturated carbocycles. The van der Waals surface area contributed by atoms with E-state index in [2.05, 4.69) is 5.43 Å². The van der Waals surface area contributed by atoms with E-state index in [1.807, 2.05) is 36.4 Å². The van der Waals surface area contributed by atoms with Crippen molar-refractivity contribution in [2.75, 3.05) is 19.1 Å². The summed E-state index contributed by atoms with van der Waals surface area (Å²) in [5, 5.41) is 12.4. The Morgan fingerprint density at radius 1 is 0.889 bits per heavy atom. The topological polar surface area (TPSA) is 125 Å². The van der Waals surface area contributed by atoms with Crippen molar-refractivity contribution in [3.8, 4) is 17.2 Å². The van der Waals surface area contributed by atoms with Gasteiger partial charge in [-0.1, -0.05) is 83.4 Å². The van der Waals surface area contributed by atoms with Gasteiger partial charge in [-0.25, -0.2) is 0 Å². The summed E-state index contributed by atoms with van der Waals surface area (Å²) < 4.78 is 11.3. The van der Waals surface area contributed by atoms with Gasteiger partial charge >= 0.3 is 0 Å². The third-order valence-electron chi connectivity index (χ3n) is 11.5. The molecule has 4 aromatic rings. The molecule has 4 aliphatic rings. The van der Waals surface area contributed by atoms with Gasteiger partial charge in [0.2, 0.25) is 11.8 Å². The summed E-state index contributed by atoms with van der Waals surface area (Å²) in [5.41, 5.74) is 4.55. The number of amides is 4. The maximum Gasteiger partial charge on any atom is 0.260 e. The number of phenols is 1. The Labute approximate surface area is 322 Å². The number of imide groups is 2. The van der Waals surface area contributed by atoms with Crippen molar-refractivity contribution in [2.45, 2.75) is 37.6 Å². The molecule has 4 aromatic carbocycles. The lowest BCUT2D eigenvalue weighted by Crippen LogP contribution is -2.53. The van der Waals surface area contributed by atoms with Crippen LogP contribution in [-0.2, 0) is 31.1 Å². The Morgan fingerprint density at radius 3 is 2.35 bits per heavy atom. The molecule has 2 aliphatic carbocycles. The van der Waals surface area contributed by atoms with Crippen molar-refractivity contribution in [3.05, 3.63) is 129 Å². The van der Waals surface area contributed by atoms with Crippen molar-refractivity contribution < 1.29 is 33.8 Å². The number of anilines is 1. The second-order valence-corrected chi connectivity index (χ2v) is 15.0. The number of ether oxygens (including phenoxy) is 2. The number of likely N-dealkylation sites (tertiary alicyclic amines) is 1. The number of hydrazine groups is 1. The minimum Gasteiger partial charge on any atom is -0.504 e. The molecule has 0 bridgehead atoms. The summed E-state index contributed by atoms with van der Waals surface area (Å²) in [5.74, 6) is -4.57. The third kappa shape index (κ3) is 5.53. The van der Waals surface area contributed by atoms with Gasteiger partial charge in [0.05, 0.1) is 54.1 Å². The largest absolute Gasteiger partial charge is 0.504 e. The van der Waals surface area contributed by atoms with Crippen LogP contribution in [0, 0.1) is 23.7 Å². The van der Waals surface area contributed by atoms with E-state index in [0.717, 1.165) is 16.1 Å². The van der Waals surface area contributed by atoms with Crippen molar-refractivity contribution in [1.29, 1.82) is 0 Å². The highest BCUT2D eigenvalue weighted by molar-refractivity contribution is 6.36. The van der Waals surface area contributed by atoms with Crippen LogP contribution in [0.3, 0.4) is 0 Å². The van der Waals surface area contributed by atoms with E-state index in [0.29, 0.717) is 27.6 Å². The van der Waals surface area contributed by atoms with E-state index in [4.69, 9.17) is 32.7 Å². The molecule has 2 aliphatic heterocycles. The number of hydrogen-bond acceptors (Lipinski definition) is 8. The molecule has 54 heavy (non-hydrogen) atoms. The summed E-state index contributed by atoms with van der Waals surface area (Å²) in [6, 6.07) is 26.1. The number of aromatic hydroxyl groups is 1. The summed E-state index contributed by atoms with van der Waals surface area (Å²) in [6.07, 6.45) is 2.40. The van der Waals surface area contributed by atoms with E-state index in [-0.39, 0.29) is 54.3 Å². The fourth-order valence-corrected chi connectivity index (χ4v) is 9.64. The fraction of sp³-hybridized carbons (Fsp3) is 0.286. The molecule has 0 spiro atoms. The van der Waals surface area contributed by atoms with Gasteiger partial charge in [0.15, 0.2) is 11.5 Å². The van der Waals surface area contributed by atoms with Gasteiger partial charge in [0, 0.05) is 10.9 Å². The van der Waals surface area contributed by atoms with Crippen LogP contribution < -0.4 is 14.9 Å². The number of halogens is 2. The van der Waals surface area contributed by atoms with E-state index in [9.17, 15) is 19.5 Å². The monoisotopic (exact) mass is 765 g/mol. The van der Waals surface area contributed by atoms with Crippen molar-refractivity contribution in [3.63, 3.8) is 0 Å². The first-order valence-corrected chi connectivity index (χ1v) is 18.6. The van der Waals surface area contributed by atoms with Gasteiger partial charge in [-0.3, -0.25) is 29.5 Å². The second kappa shape index (κ2) is 13.8. The van der Waals surface area contributed by atoms with Crippen LogP contribution in [0.15, 0.2) is 103 Å². The highest BCUT2D eigenvalue weighted by Gasteiger charge is 2.70. The van der Waals surface area contributed by atoms with Crippen molar-refractivity contribution in [1.82, 2.24) is 9.91 Å². The van der Waals surface area contributed by atoms with Crippen molar-refractivity contribution >= 4 is 52.5 Å². The summed E-state index contributed by atoms with van der Waals surface area (Å²) in [4.78, 5) is 60.2. The maximum absolute atomic E-state index is 15.4. The standard InChI is InChI=1S/C42H37Cl2N3O7/c1-3-54-35-19-24(9-18-34(35)48)37-28-15-16-29-36(40(51)46(38(29)49)22-23-7-5-4-6-8-23)30(28)21-31-39(50)47(45-33-17-12-26(43)20-32(33)44)41(52)42(31,37)25-10-13-27(53-2)14-11-25/h4-15,17-20,29-31,36-37,45,48H,3,16,21-22H2,1-2H3. The minimum absolute atomic E-state index is 0.0803. The summed E-state index contributed by atoms with van der Waals surface area (Å²) >= 11 is 12.7. The van der Waals surface area contributed by atoms with Crippen LogP contribution in [0.2, 0.25) is 10.0 Å². The zero-order valence-corrected chi connectivity index (χ0v) is 31.0. The molecule has 8 rings (SSSR count). The van der Waals surface area contributed by atoms with Gasteiger partial charge in [0.1, 0.15) is 5.75 Å². The van der Waals surface area contributed by atoms with Crippen LogP contribution in [0.25, 0.3) is 0 Å². The molecule has 2 N–H and O–H groups in total. The smallest absolute Gasteiger partial charge is 0.260 e. The Kier molecular flexibility index (Phi) is 9.14. The predicted molar refractivity (Wildman–Crippen MR) is 202 cm³/mol. The number of fused-ring (bicyclic) bond motifs is 4. The average molecular weight is 767 g/mol. The van der Waals surface area contributed by atoms with Gasteiger partial charge < -0.3 is 14.6 Å². The first-order chi connectivity index (χ1) is 26.1. The molecule has 2 saturated heterocycles. The molecule has 2 heterocycles. The van der Waals surface area contributed by atoms with Crippen molar-refractivity contribution in [2.24, 2.45) is 23.7 Å². The third-order valence-corrected chi connectivity index (χ3v) is 12.0. The zero-order valence-electron chi connectivity index (χ0n) is 29.5. The van der Waals surface area contributed by atoms with Gasteiger partial charge in [-0.15, -0.1) is 0 Å². The highest BCUT2D eigenvalue weighted by Crippen LogP contribution is 2.64. The molecule has 0 aromatic heterocycles. The number of carbonyl (C=O) groups is 4. The highest BCUT2D eigenvalue weighted by atomic mass is 35.5. The second-order valence-electron chi connectivity index (χ2n) is 14.1. The lowest BCUT2D eigenvalue weighted by Gasteiger charge is -2.50. The number of rotatable bonds is 9. The number of nitrogens with zero attached hydrogens (tertiary/aromatic N) is 2. The normalized spacial score (nSPS) is 25.9. The first-order valence-electron chi connectivity index (χ1n) is 17.9. The molecular formula is C42H37Cl2N3O7. The molecule has 6 unspecified atom stereocenters. The Morgan fingerprint density at radius 2 is 1.65 bits per heavy atom. The summed E-state index contributed by atoms with van der Waals surface area (Å²) in [7, 11) is 1.55. The number of benzene rings is 4. The van der Waals surface area contributed by atoms with E-state index >= 15 is 4.79 Å². The predicted octanol–water partition coefficient (Wildman–Crippen LogP) is 7.29. The van der Waals surface area contributed by atoms with E-state index < -0.39 is 46.8 Å². The molecule has 276 valence electrons. The van der Waals surface area contributed by atoms with Crippen LogP contribution in [0.5, 0.6) is 17.2 Å². The molecule has 4 amide bonds. The Balaban J connectivity index is 1.32. The number of allylic oxidation sites excluding steroid dienone is 2. The van der Waals surface area contributed by atoms with Gasteiger partial charge in [0.25, 0.3) is 11.8 Å². The van der Waals surface area contributed by atoms with E-state index in [1.54, 1.807) is 62.6 Å². The molecule has 12 heteroatoms. The van der Waals surface area contributed by atoms with Crippen LogP contribution in [-0.4, -0.2) is 52.4 Å². The number of methoxy groups -OCH3 is 1. The van der Waals surface area contributed by atoms with Gasteiger partial charge in [-0.2, -0.15) is 5.01 Å². The quantitative estimate of drug-likeness (QED) is 0.135. The van der Waals surface area contributed by atoms with Crippen LogP contribution in [0.4, 0.5) is 5.69 Å². The number of phenolic OH excluding ortho intramolecular Hbond substituents is 1. The van der Waals surface area contributed by atoms with Crippen LogP contribution in [0.1, 0.15) is 42.4 Å². The number of carbonyl (C=O) groups excluding carboxylic acids is 4. The lowest BCUT2D eigenvalue weighted by atomic mass is 9.49. The molecule has 0 radical (unpaired) electrons. The first kappa shape index (κ1) is 35.7. The minimum atomic E-state index is -1.54. The molecular weight excluding hydrogens is 729 g/mol. The molecule has 3 fully saturated rings. The Hall–Kier alpha value is -5.32. The zero-order chi connectivity index (χ0) is 37.9. The average Bonchev–Trinajstić information content (AvgIpc) is 3.54. The number of nitrogens with one attached hydrogen (secondary N) is 1. The van der Waals surface area contributed by atoms with Crippen LogP contribution >= 0.6 is 23.2 Å². The SMILES string of the molecule is CCOc1cc(C2C3=CCC4C(=O)N(Cc5ccccc5)C(=O)C4C3CC3C(=O)N(Nc4ccc(Cl)cc4Cl)C(=O)C32c2ccc(OC)cc2)ccc1O. The van der Waals surface area contributed by atoms with Gasteiger partial charge in [-0.05, 0) is 84.8 Å². The summed E-state index contributed by atoms with van der Waals surface area (Å²) in [6.45, 7) is 2.21. The maximum atomic E-state index is 15.4. The molecule has 10 nitrogen and oxygen atoms in total. The Bertz CT molecular complexity index is 2210. The van der Waals surface area contributed by atoms with E-state index in [1.165, 1.54) is 17.0 Å². The number of hydrogen-bond donors (Lipinski definition) is 2. The lowest BCUT2D eigenvalue weighted by molar-refractivity contribution is -0.142. The molecule has 6 atom stereocenters.